The summed E-state index contributed by atoms with van der Waals surface area (Å²) >= 11 is 0. The molecule has 2 nitrogen and oxygen atoms in total. The Morgan fingerprint density at radius 3 is 2.08 bits per heavy atom. The van der Waals surface area contributed by atoms with E-state index in [-0.39, 0.29) is 57.1 Å². The second kappa shape index (κ2) is 4.28. The molecule has 0 N–H and O–H groups in total. The van der Waals surface area contributed by atoms with E-state index in [9.17, 15) is 12.9 Å². The first-order chi connectivity index (χ1) is 4.93. The van der Waals surface area contributed by atoms with Crippen molar-refractivity contribution in [2.75, 3.05) is 0 Å². The molecule has 0 radical (unpaired) electrons. The molecule has 0 atom stereocenters. The first-order valence-corrected chi connectivity index (χ1v) is 3.11. The smallest absolute Gasteiger partial charge is 0.445 e. The molecular formula is C5H7BF3KN2. The number of hydrogen-bond donors (Lipinski definition) is 0. The van der Waals surface area contributed by atoms with Gasteiger partial charge < -0.3 is 12.9 Å². The summed E-state index contributed by atoms with van der Waals surface area (Å²) in [6.07, 6.45) is 0.856. The van der Waals surface area contributed by atoms with Crippen LogP contribution in [0.1, 0.15) is 5.69 Å². The van der Waals surface area contributed by atoms with Gasteiger partial charge in [0.2, 0.25) is 0 Å². The van der Waals surface area contributed by atoms with Crippen molar-refractivity contribution in [3.63, 3.8) is 0 Å². The van der Waals surface area contributed by atoms with Crippen LogP contribution < -0.4 is 56.8 Å². The molecule has 0 saturated carbocycles. The minimum absolute atomic E-state index is 0. The monoisotopic (exact) mass is 202 g/mol. The first-order valence-electron chi connectivity index (χ1n) is 3.11. The zero-order chi connectivity index (χ0) is 8.65. The SMILES string of the molecule is Cc1c([B-](F)(F)F)cnn1C.[K+]. The third-order valence-electron chi connectivity index (χ3n) is 1.63. The van der Waals surface area contributed by atoms with Gasteiger partial charge in [-0.3, -0.25) is 4.68 Å². The molecule has 0 aromatic carbocycles. The number of nitrogens with zero attached hydrogens (tertiary/aromatic N) is 2. The van der Waals surface area contributed by atoms with E-state index in [0.29, 0.717) is 0 Å². The first kappa shape index (κ1) is 12.7. The molecule has 0 aliphatic heterocycles. The van der Waals surface area contributed by atoms with Gasteiger partial charge in [-0.25, -0.2) is 0 Å². The molecule has 1 aromatic heterocycles. The largest absolute Gasteiger partial charge is 1.00 e. The molecule has 12 heavy (non-hydrogen) atoms. The topological polar surface area (TPSA) is 17.8 Å². The maximum Gasteiger partial charge on any atom is 1.00 e. The molecule has 0 unspecified atom stereocenters. The molecule has 0 aliphatic rings. The van der Waals surface area contributed by atoms with Crippen LogP contribution >= 0.6 is 0 Å². The van der Waals surface area contributed by atoms with E-state index in [4.69, 9.17) is 0 Å². The number of hydrogen-bond acceptors (Lipinski definition) is 1. The van der Waals surface area contributed by atoms with E-state index in [2.05, 4.69) is 5.10 Å². The Balaban J connectivity index is 0.00000121. The molecule has 0 aliphatic carbocycles. The maximum absolute atomic E-state index is 12.1. The van der Waals surface area contributed by atoms with E-state index in [0.717, 1.165) is 6.20 Å². The maximum atomic E-state index is 12.1. The molecule has 0 spiro atoms. The van der Waals surface area contributed by atoms with Gasteiger partial charge in [-0.2, -0.15) is 5.10 Å². The molecule has 0 fully saturated rings. The van der Waals surface area contributed by atoms with Crippen LogP contribution in [0.15, 0.2) is 6.20 Å². The number of rotatable bonds is 1. The quantitative estimate of drug-likeness (QED) is 0.472. The summed E-state index contributed by atoms with van der Waals surface area (Å²) in [6, 6.07) is 0. The fourth-order valence-electron chi connectivity index (χ4n) is 0.837. The molecule has 1 heterocycles. The summed E-state index contributed by atoms with van der Waals surface area (Å²) in [5, 5.41) is 3.49. The summed E-state index contributed by atoms with van der Waals surface area (Å²) in [7, 11) is 1.49. The molecule has 0 bridgehead atoms. The van der Waals surface area contributed by atoms with Crippen LogP contribution in [0.25, 0.3) is 0 Å². The van der Waals surface area contributed by atoms with Gasteiger partial charge in [0.05, 0.1) is 0 Å². The Bertz CT molecular complexity index is 270. The van der Waals surface area contributed by atoms with Gasteiger partial charge in [0.25, 0.3) is 0 Å². The van der Waals surface area contributed by atoms with Crippen LogP contribution in [0.2, 0.25) is 0 Å². The van der Waals surface area contributed by atoms with Crippen LogP contribution in [0.3, 0.4) is 0 Å². The predicted molar refractivity (Wildman–Crippen MR) is 36.7 cm³/mol. The second-order valence-corrected chi connectivity index (χ2v) is 2.38. The van der Waals surface area contributed by atoms with Gasteiger partial charge in [-0.1, -0.05) is 5.46 Å². The van der Waals surface area contributed by atoms with Gasteiger partial charge in [0.1, 0.15) is 0 Å². The van der Waals surface area contributed by atoms with Crippen molar-refractivity contribution in [3.05, 3.63) is 11.9 Å². The summed E-state index contributed by atoms with van der Waals surface area (Å²) in [5.74, 6) is 0. The zero-order valence-corrected chi connectivity index (χ0v) is 10.3. The fourth-order valence-corrected chi connectivity index (χ4v) is 0.837. The third-order valence-corrected chi connectivity index (χ3v) is 1.63. The molecular weight excluding hydrogens is 195 g/mol. The van der Waals surface area contributed by atoms with E-state index >= 15 is 0 Å². The molecule has 0 saturated heterocycles. The van der Waals surface area contributed by atoms with E-state index < -0.39 is 12.4 Å². The molecule has 7 heteroatoms. The van der Waals surface area contributed by atoms with Gasteiger partial charge in [-0.15, -0.1) is 0 Å². The summed E-state index contributed by atoms with van der Waals surface area (Å²) in [4.78, 5) is 0. The third kappa shape index (κ3) is 2.59. The van der Waals surface area contributed by atoms with E-state index in [1.54, 1.807) is 0 Å². The van der Waals surface area contributed by atoms with Gasteiger partial charge in [0, 0.05) is 18.9 Å². The van der Waals surface area contributed by atoms with Crippen molar-refractivity contribution in [1.82, 2.24) is 9.78 Å². The average molecular weight is 202 g/mol. The number of aryl methyl sites for hydroxylation is 1. The standard InChI is InChI=1S/C5H7BF3N2.K/c1-4-5(6(7,8)9)3-10-11(4)2;/h3H,1-2H3;/q-1;+1. The van der Waals surface area contributed by atoms with Crippen molar-refractivity contribution in [3.8, 4) is 0 Å². The minimum atomic E-state index is -4.89. The van der Waals surface area contributed by atoms with Crippen molar-refractivity contribution < 1.29 is 64.3 Å². The Morgan fingerprint density at radius 2 is 1.92 bits per heavy atom. The van der Waals surface area contributed by atoms with Gasteiger partial charge in [0.15, 0.2) is 0 Å². The van der Waals surface area contributed by atoms with E-state index in [1.165, 1.54) is 18.7 Å². The molecule has 1 aromatic rings. The van der Waals surface area contributed by atoms with Crippen LogP contribution in [0.5, 0.6) is 0 Å². The Labute approximate surface area is 111 Å². The number of aromatic nitrogens is 2. The summed E-state index contributed by atoms with van der Waals surface area (Å²) in [6.45, 7) is -3.49. The van der Waals surface area contributed by atoms with Gasteiger partial charge >= 0.3 is 58.4 Å². The van der Waals surface area contributed by atoms with Crippen molar-refractivity contribution in [2.24, 2.45) is 7.05 Å². The zero-order valence-electron chi connectivity index (χ0n) is 7.18. The van der Waals surface area contributed by atoms with Crippen molar-refractivity contribution in [1.29, 1.82) is 0 Å². The van der Waals surface area contributed by atoms with Gasteiger partial charge in [-0.05, 0) is 6.92 Å². The predicted octanol–water partition coefficient (Wildman–Crippen LogP) is -2.21. The Hall–Kier alpha value is 0.701. The summed E-state index contributed by atoms with van der Waals surface area (Å²) in [5.41, 5.74) is -0.440. The Kier molecular flexibility index (Phi) is 4.53. The van der Waals surface area contributed by atoms with Crippen LogP contribution in [0.4, 0.5) is 12.9 Å². The van der Waals surface area contributed by atoms with Crippen LogP contribution in [0, 0.1) is 6.92 Å². The molecule has 0 amide bonds. The fraction of sp³-hybridized carbons (Fsp3) is 0.400. The van der Waals surface area contributed by atoms with Crippen molar-refractivity contribution >= 4 is 12.4 Å². The molecule has 62 valence electrons. The second-order valence-electron chi connectivity index (χ2n) is 2.38. The average Bonchev–Trinajstić information content (AvgIpc) is 2.11. The van der Waals surface area contributed by atoms with Crippen LogP contribution in [-0.4, -0.2) is 16.8 Å². The molecule has 1 rings (SSSR count). The van der Waals surface area contributed by atoms with Crippen LogP contribution in [-0.2, 0) is 7.05 Å². The van der Waals surface area contributed by atoms with Crippen molar-refractivity contribution in [2.45, 2.75) is 6.92 Å². The van der Waals surface area contributed by atoms with E-state index in [1.807, 2.05) is 0 Å². The Morgan fingerprint density at radius 1 is 1.42 bits per heavy atom. The summed E-state index contributed by atoms with van der Waals surface area (Å²) < 4.78 is 37.4. The number of halogens is 3. The minimum Gasteiger partial charge on any atom is -0.445 e. The normalized spacial score (nSPS) is 11.1.